The predicted molar refractivity (Wildman–Crippen MR) is 109 cm³/mol. The first-order valence-electron chi connectivity index (χ1n) is 8.31. The number of hydrogen-bond donors (Lipinski definition) is 3. The summed E-state index contributed by atoms with van der Waals surface area (Å²) in [5.74, 6) is 1.28. The van der Waals surface area contributed by atoms with Crippen LogP contribution < -0.4 is 10.6 Å². The van der Waals surface area contributed by atoms with Gasteiger partial charge in [0, 0.05) is 38.7 Å². The Labute approximate surface area is 162 Å². The summed E-state index contributed by atoms with van der Waals surface area (Å²) < 4.78 is 5.55. The van der Waals surface area contributed by atoms with Crippen LogP contribution in [0.2, 0.25) is 0 Å². The first-order valence-corrected chi connectivity index (χ1v) is 8.31. The smallest absolute Gasteiger partial charge is 0.191 e. The van der Waals surface area contributed by atoms with Crippen molar-refractivity contribution in [2.45, 2.75) is 33.3 Å². The predicted octanol–water partition coefficient (Wildman–Crippen LogP) is 2.35. The molecule has 6 nitrogen and oxygen atoms in total. The molecule has 1 aromatic rings. The Hall–Kier alpha value is -0.930. The van der Waals surface area contributed by atoms with E-state index in [9.17, 15) is 5.11 Å². The molecule has 0 aromatic carbocycles. The van der Waals surface area contributed by atoms with E-state index in [4.69, 9.17) is 4.74 Å². The Kier molecular flexibility index (Phi) is 13.9. The average molecular weight is 450 g/mol. The highest BCUT2D eigenvalue weighted by Gasteiger charge is 2.06. The molecule has 138 valence electrons. The van der Waals surface area contributed by atoms with Crippen LogP contribution in [-0.4, -0.2) is 48.9 Å². The van der Waals surface area contributed by atoms with Gasteiger partial charge in [-0.05, 0) is 37.0 Å². The van der Waals surface area contributed by atoms with Crippen molar-refractivity contribution in [3.8, 4) is 0 Å². The maximum Gasteiger partial charge on any atom is 0.191 e. The van der Waals surface area contributed by atoms with Crippen molar-refractivity contribution < 1.29 is 9.84 Å². The number of nitrogens with zero attached hydrogens (tertiary/aromatic N) is 2. The molecule has 0 saturated heterocycles. The molecular formula is C17H31IN4O2. The molecule has 3 N–H and O–H groups in total. The zero-order chi connectivity index (χ0) is 16.9. The van der Waals surface area contributed by atoms with Crippen molar-refractivity contribution in [3.05, 3.63) is 30.1 Å². The van der Waals surface area contributed by atoms with Crippen LogP contribution in [0.1, 0.15) is 38.9 Å². The summed E-state index contributed by atoms with van der Waals surface area (Å²) in [6.45, 7) is 9.71. The molecule has 0 amide bonds. The second-order valence-corrected chi connectivity index (χ2v) is 5.77. The van der Waals surface area contributed by atoms with E-state index in [2.05, 4.69) is 34.5 Å². The molecule has 0 bridgehead atoms. The number of halogens is 1. The molecular weight excluding hydrogens is 419 g/mol. The fourth-order valence-electron chi connectivity index (χ4n) is 1.91. The Balaban J connectivity index is 0.00000529. The maximum atomic E-state index is 10.1. The Morgan fingerprint density at radius 1 is 1.29 bits per heavy atom. The minimum atomic E-state index is -0.622. The van der Waals surface area contributed by atoms with Crippen LogP contribution in [-0.2, 0) is 4.74 Å². The van der Waals surface area contributed by atoms with E-state index in [1.165, 1.54) is 0 Å². The molecule has 1 atom stereocenters. The van der Waals surface area contributed by atoms with Gasteiger partial charge in [-0.15, -0.1) is 24.0 Å². The van der Waals surface area contributed by atoms with Crippen LogP contribution in [0.4, 0.5) is 0 Å². The number of rotatable bonds is 10. The molecule has 0 fully saturated rings. The number of aliphatic hydroxyl groups excluding tert-OH is 1. The molecule has 7 heteroatoms. The van der Waals surface area contributed by atoms with Crippen LogP contribution in [0.25, 0.3) is 0 Å². The van der Waals surface area contributed by atoms with E-state index in [1.807, 2.05) is 6.92 Å². The lowest BCUT2D eigenvalue weighted by Gasteiger charge is -2.13. The number of aliphatic imine (C=N–C) groups is 1. The van der Waals surface area contributed by atoms with E-state index >= 15 is 0 Å². The molecule has 1 aromatic heterocycles. The summed E-state index contributed by atoms with van der Waals surface area (Å²) in [6, 6.07) is 3.60. The van der Waals surface area contributed by atoms with Crippen LogP contribution >= 0.6 is 24.0 Å². The molecule has 24 heavy (non-hydrogen) atoms. The number of aliphatic hydroxyl groups is 1. The second-order valence-electron chi connectivity index (χ2n) is 5.77. The number of ether oxygens (including phenoxy) is 1. The third-order valence-corrected chi connectivity index (χ3v) is 3.07. The third kappa shape index (κ3) is 10.8. The monoisotopic (exact) mass is 450 g/mol. The highest BCUT2D eigenvalue weighted by molar-refractivity contribution is 14.0. The lowest BCUT2D eigenvalue weighted by molar-refractivity contribution is 0.108. The SMILES string of the molecule is CCNC(=NCC(O)c1ccncc1)NCCCOCC(C)C.I. The largest absolute Gasteiger partial charge is 0.386 e. The van der Waals surface area contributed by atoms with E-state index in [0.29, 0.717) is 18.4 Å². The second kappa shape index (κ2) is 14.4. The third-order valence-electron chi connectivity index (χ3n) is 3.07. The molecule has 1 heterocycles. The zero-order valence-corrected chi connectivity index (χ0v) is 17.2. The van der Waals surface area contributed by atoms with Gasteiger partial charge < -0.3 is 20.5 Å². The summed E-state index contributed by atoms with van der Waals surface area (Å²) in [5.41, 5.74) is 0.821. The van der Waals surface area contributed by atoms with Crippen LogP contribution in [0, 0.1) is 5.92 Å². The van der Waals surface area contributed by atoms with Gasteiger partial charge in [0.25, 0.3) is 0 Å². The lowest BCUT2D eigenvalue weighted by Crippen LogP contribution is -2.38. The van der Waals surface area contributed by atoms with Gasteiger partial charge in [0.05, 0.1) is 12.6 Å². The van der Waals surface area contributed by atoms with Gasteiger partial charge in [-0.25, -0.2) is 0 Å². The molecule has 0 spiro atoms. The summed E-state index contributed by atoms with van der Waals surface area (Å²) in [6.07, 6.45) is 3.64. The van der Waals surface area contributed by atoms with E-state index < -0.39 is 6.10 Å². The number of guanidine groups is 1. The van der Waals surface area contributed by atoms with Gasteiger partial charge in [0.1, 0.15) is 0 Å². The molecule has 0 aliphatic heterocycles. The molecule has 0 aliphatic carbocycles. The van der Waals surface area contributed by atoms with E-state index in [1.54, 1.807) is 24.5 Å². The standard InChI is InChI=1S/C17H30N4O2.HI/c1-4-19-17(20-8-5-11-23-13-14(2)3)21-12-16(22)15-6-9-18-10-7-15;/h6-7,9-10,14,16,22H,4-5,8,11-13H2,1-3H3,(H2,19,20,21);1H. The van der Waals surface area contributed by atoms with Gasteiger partial charge in [0.15, 0.2) is 5.96 Å². The summed E-state index contributed by atoms with van der Waals surface area (Å²) in [7, 11) is 0. The van der Waals surface area contributed by atoms with Crippen molar-refractivity contribution in [2.75, 3.05) is 32.8 Å². The summed E-state index contributed by atoms with van der Waals surface area (Å²) in [5, 5.41) is 16.5. The van der Waals surface area contributed by atoms with Crippen LogP contribution in [0.5, 0.6) is 0 Å². The zero-order valence-electron chi connectivity index (χ0n) is 14.9. The first kappa shape index (κ1) is 23.1. The van der Waals surface area contributed by atoms with Crippen molar-refractivity contribution >= 4 is 29.9 Å². The van der Waals surface area contributed by atoms with Crippen molar-refractivity contribution in [2.24, 2.45) is 10.9 Å². The minimum absolute atomic E-state index is 0. The van der Waals surface area contributed by atoms with Gasteiger partial charge in [-0.3, -0.25) is 9.98 Å². The van der Waals surface area contributed by atoms with Crippen LogP contribution in [0.15, 0.2) is 29.5 Å². The maximum absolute atomic E-state index is 10.1. The topological polar surface area (TPSA) is 78.8 Å². The van der Waals surface area contributed by atoms with Crippen molar-refractivity contribution in [3.63, 3.8) is 0 Å². The van der Waals surface area contributed by atoms with Gasteiger partial charge >= 0.3 is 0 Å². The quantitative estimate of drug-likeness (QED) is 0.221. The number of nitrogens with one attached hydrogen (secondary N) is 2. The average Bonchev–Trinajstić information content (AvgIpc) is 2.55. The fourth-order valence-corrected chi connectivity index (χ4v) is 1.91. The molecule has 1 rings (SSSR count). The van der Waals surface area contributed by atoms with Crippen LogP contribution in [0.3, 0.4) is 0 Å². The highest BCUT2D eigenvalue weighted by atomic mass is 127. The summed E-state index contributed by atoms with van der Waals surface area (Å²) >= 11 is 0. The van der Waals surface area contributed by atoms with E-state index in [-0.39, 0.29) is 24.0 Å². The Morgan fingerprint density at radius 3 is 2.62 bits per heavy atom. The molecule has 0 radical (unpaired) electrons. The normalized spacial score (nSPS) is 12.6. The number of aromatic nitrogens is 1. The fraction of sp³-hybridized carbons (Fsp3) is 0.647. The van der Waals surface area contributed by atoms with Gasteiger partial charge in [0.2, 0.25) is 0 Å². The van der Waals surface area contributed by atoms with Gasteiger partial charge in [-0.1, -0.05) is 13.8 Å². The first-order chi connectivity index (χ1) is 11.1. The number of pyridine rings is 1. The van der Waals surface area contributed by atoms with Crippen molar-refractivity contribution in [1.29, 1.82) is 0 Å². The highest BCUT2D eigenvalue weighted by Crippen LogP contribution is 2.10. The Bertz CT molecular complexity index is 443. The van der Waals surface area contributed by atoms with Crippen molar-refractivity contribution in [1.82, 2.24) is 15.6 Å². The summed E-state index contributed by atoms with van der Waals surface area (Å²) in [4.78, 5) is 8.36. The Morgan fingerprint density at radius 2 is 2.00 bits per heavy atom. The molecule has 0 saturated carbocycles. The minimum Gasteiger partial charge on any atom is -0.386 e. The molecule has 1 unspecified atom stereocenters. The van der Waals surface area contributed by atoms with Gasteiger partial charge in [-0.2, -0.15) is 0 Å². The number of hydrogen-bond acceptors (Lipinski definition) is 4. The lowest BCUT2D eigenvalue weighted by atomic mass is 10.1. The molecule has 0 aliphatic rings. The van der Waals surface area contributed by atoms with E-state index in [0.717, 1.165) is 38.3 Å².